The van der Waals surface area contributed by atoms with Gasteiger partial charge in [-0.05, 0) is 41.8 Å². The van der Waals surface area contributed by atoms with Crippen molar-refractivity contribution < 1.29 is 18.3 Å². The van der Waals surface area contributed by atoms with E-state index in [9.17, 15) is 9.18 Å². The van der Waals surface area contributed by atoms with Gasteiger partial charge < -0.3 is 14.1 Å². The number of benzene rings is 1. The SMILES string of the molecule is O=C(COc1ccc(F)cc1)N(Cc1ccoc1)Cc1cccs1. The normalized spacial score (nSPS) is 10.5. The molecule has 2 heterocycles. The monoisotopic (exact) mass is 345 g/mol. The highest BCUT2D eigenvalue weighted by molar-refractivity contribution is 7.09. The number of furan rings is 1. The van der Waals surface area contributed by atoms with Gasteiger partial charge in [0.15, 0.2) is 6.61 Å². The third-order valence-corrected chi connectivity index (χ3v) is 4.27. The molecule has 0 spiro atoms. The topological polar surface area (TPSA) is 42.7 Å². The lowest BCUT2D eigenvalue weighted by atomic mass is 10.3. The molecule has 0 aliphatic carbocycles. The summed E-state index contributed by atoms with van der Waals surface area (Å²) in [6, 6.07) is 11.4. The van der Waals surface area contributed by atoms with E-state index in [0.29, 0.717) is 18.8 Å². The standard InChI is InChI=1S/C18H16FNO3S/c19-15-3-5-16(6-4-15)23-13-18(21)20(10-14-7-8-22-12-14)11-17-2-1-9-24-17/h1-9,12H,10-11,13H2. The highest BCUT2D eigenvalue weighted by Crippen LogP contribution is 2.16. The molecule has 4 nitrogen and oxygen atoms in total. The maximum absolute atomic E-state index is 12.9. The van der Waals surface area contributed by atoms with Crippen molar-refractivity contribution in [2.75, 3.05) is 6.61 Å². The Bertz CT molecular complexity index is 718. The van der Waals surface area contributed by atoms with Gasteiger partial charge in [-0.15, -0.1) is 11.3 Å². The second-order valence-corrected chi connectivity index (χ2v) is 6.24. The maximum Gasteiger partial charge on any atom is 0.261 e. The molecular weight excluding hydrogens is 329 g/mol. The van der Waals surface area contributed by atoms with Crippen LogP contribution in [0.5, 0.6) is 5.75 Å². The van der Waals surface area contributed by atoms with Crippen molar-refractivity contribution >= 4 is 17.2 Å². The Labute approximate surface area is 143 Å². The number of ether oxygens (including phenoxy) is 1. The van der Waals surface area contributed by atoms with Gasteiger partial charge in [0.1, 0.15) is 11.6 Å². The van der Waals surface area contributed by atoms with E-state index in [1.807, 2.05) is 23.6 Å². The van der Waals surface area contributed by atoms with E-state index >= 15 is 0 Å². The molecule has 0 aliphatic heterocycles. The molecule has 0 saturated carbocycles. The summed E-state index contributed by atoms with van der Waals surface area (Å²) in [5, 5.41) is 1.98. The zero-order chi connectivity index (χ0) is 16.8. The molecule has 0 aliphatic rings. The second-order valence-electron chi connectivity index (χ2n) is 5.20. The van der Waals surface area contributed by atoms with Gasteiger partial charge in [0.25, 0.3) is 5.91 Å². The lowest BCUT2D eigenvalue weighted by molar-refractivity contribution is -0.134. The number of thiophene rings is 1. The van der Waals surface area contributed by atoms with E-state index in [1.165, 1.54) is 24.3 Å². The third-order valence-electron chi connectivity index (χ3n) is 3.41. The Morgan fingerprint density at radius 1 is 1.17 bits per heavy atom. The van der Waals surface area contributed by atoms with Gasteiger partial charge >= 0.3 is 0 Å². The number of halogens is 1. The van der Waals surface area contributed by atoms with Gasteiger partial charge in [-0.1, -0.05) is 6.07 Å². The van der Waals surface area contributed by atoms with Crippen molar-refractivity contribution in [3.8, 4) is 5.75 Å². The highest BCUT2D eigenvalue weighted by atomic mass is 32.1. The van der Waals surface area contributed by atoms with Gasteiger partial charge in [-0.25, -0.2) is 4.39 Å². The van der Waals surface area contributed by atoms with E-state index in [4.69, 9.17) is 9.15 Å². The van der Waals surface area contributed by atoms with E-state index in [-0.39, 0.29) is 18.3 Å². The molecule has 0 unspecified atom stereocenters. The largest absolute Gasteiger partial charge is 0.484 e. The lowest BCUT2D eigenvalue weighted by Gasteiger charge is -2.21. The van der Waals surface area contributed by atoms with Crippen LogP contribution in [-0.2, 0) is 17.9 Å². The van der Waals surface area contributed by atoms with Crippen LogP contribution in [0.1, 0.15) is 10.4 Å². The summed E-state index contributed by atoms with van der Waals surface area (Å²) in [5.74, 6) is -0.0222. The van der Waals surface area contributed by atoms with Crippen molar-refractivity contribution in [2.45, 2.75) is 13.1 Å². The zero-order valence-electron chi connectivity index (χ0n) is 12.9. The second kappa shape index (κ2) is 7.79. The number of carbonyl (C=O) groups excluding carboxylic acids is 1. The Balaban J connectivity index is 1.64. The minimum absolute atomic E-state index is 0.102. The van der Waals surface area contributed by atoms with Crippen LogP contribution in [0.25, 0.3) is 0 Å². The molecule has 0 fully saturated rings. The van der Waals surface area contributed by atoms with Crippen LogP contribution in [0.15, 0.2) is 64.8 Å². The first-order chi connectivity index (χ1) is 11.7. The molecule has 1 amide bonds. The molecule has 1 aromatic carbocycles. The summed E-state index contributed by atoms with van der Waals surface area (Å²) in [7, 11) is 0. The molecule has 0 radical (unpaired) electrons. The highest BCUT2D eigenvalue weighted by Gasteiger charge is 2.16. The van der Waals surface area contributed by atoms with E-state index in [2.05, 4.69) is 0 Å². The lowest BCUT2D eigenvalue weighted by Crippen LogP contribution is -2.33. The van der Waals surface area contributed by atoms with Crippen molar-refractivity contribution in [1.82, 2.24) is 4.90 Å². The average Bonchev–Trinajstić information content (AvgIpc) is 3.27. The molecule has 2 aromatic heterocycles. The van der Waals surface area contributed by atoms with Gasteiger partial charge in [0.2, 0.25) is 0 Å². The molecule has 6 heteroatoms. The van der Waals surface area contributed by atoms with Gasteiger partial charge in [-0.3, -0.25) is 4.79 Å². The van der Waals surface area contributed by atoms with Crippen LogP contribution in [0, 0.1) is 5.82 Å². The molecule has 0 bridgehead atoms. The predicted octanol–water partition coefficient (Wildman–Crippen LogP) is 4.09. The summed E-state index contributed by atoms with van der Waals surface area (Å²) >= 11 is 1.60. The summed E-state index contributed by atoms with van der Waals surface area (Å²) in [6.07, 6.45) is 3.20. The number of amides is 1. The van der Waals surface area contributed by atoms with Crippen molar-refractivity contribution in [3.63, 3.8) is 0 Å². The van der Waals surface area contributed by atoms with Crippen LogP contribution >= 0.6 is 11.3 Å². The molecule has 0 atom stereocenters. The van der Waals surface area contributed by atoms with Crippen molar-refractivity contribution in [2.24, 2.45) is 0 Å². The number of nitrogens with zero attached hydrogens (tertiary/aromatic N) is 1. The fraction of sp³-hybridized carbons (Fsp3) is 0.167. The maximum atomic E-state index is 12.9. The third kappa shape index (κ3) is 4.45. The van der Waals surface area contributed by atoms with Gasteiger partial charge in [0, 0.05) is 17.0 Å². The first-order valence-electron chi connectivity index (χ1n) is 7.40. The van der Waals surface area contributed by atoms with Crippen molar-refractivity contribution in [3.05, 3.63) is 76.6 Å². The number of hydrogen-bond acceptors (Lipinski definition) is 4. The fourth-order valence-corrected chi connectivity index (χ4v) is 2.91. The molecule has 3 aromatic rings. The Morgan fingerprint density at radius 3 is 2.67 bits per heavy atom. The Kier molecular flexibility index (Phi) is 5.28. The minimum atomic E-state index is -0.340. The zero-order valence-corrected chi connectivity index (χ0v) is 13.7. The van der Waals surface area contributed by atoms with E-state index in [0.717, 1.165) is 10.4 Å². The summed E-state index contributed by atoms with van der Waals surface area (Å²) in [5.41, 5.74) is 0.918. The summed E-state index contributed by atoms with van der Waals surface area (Å²) in [6.45, 7) is 0.851. The molecule has 0 saturated heterocycles. The predicted molar refractivity (Wildman–Crippen MR) is 89.2 cm³/mol. The molecular formula is C18H16FNO3S. The summed E-state index contributed by atoms with van der Waals surface area (Å²) in [4.78, 5) is 15.3. The van der Waals surface area contributed by atoms with Crippen LogP contribution in [0.3, 0.4) is 0 Å². The molecule has 24 heavy (non-hydrogen) atoms. The first-order valence-corrected chi connectivity index (χ1v) is 8.28. The molecule has 0 N–H and O–H groups in total. The first kappa shape index (κ1) is 16.3. The quantitative estimate of drug-likeness (QED) is 0.648. The summed E-state index contributed by atoms with van der Waals surface area (Å²) < 4.78 is 23.4. The van der Waals surface area contributed by atoms with Gasteiger partial charge in [0.05, 0.1) is 19.1 Å². The number of carbonyl (C=O) groups is 1. The van der Waals surface area contributed by atoms with E-state index < -0.39 is 0 Å². The van der Waals surface area contributed by atoms with Crippen LogP contribution in [0.4, 0.5) is 4.39 Å². The molecule has 3 rings (SSSR count). The fourth-order valence-electron chi connectivity index (χ4n) is 2.19. The molecule has 124 valence electrons. The van der Waals surface area contributed by atoms with Crippen LogP contribution in [0.2, 0.25) is 0 Å². The van der Waals surface area contributed by atoms with E-state index in [1.54, 1.807) is 28.8 Å². The minimum Gasteiger partial charge on any atom is -0.484 e. The Morgan fingerprint density at radius 2 is 2.00 bits per heavy atom. The van der Waals surface area contributed by atoms with Crippen molar-refractivity contribution in [1.29, 1.82) is 0 Å². The number of rotatable bonds is 7. The van der Waals surface area contributed by atoms with Gasteiger partial charge in [-0.2, -0.15) is 0 Å². The van der Waals surface area contributed by atoms with Crippen LogP contribution < -0.4 is 4.74 Å². The van der Waals surface area contributed by atoms with Crippen LogP contribution in [-0.4, -0.2) is 17.4 Å². The number of hydrogen-bond donors (Lipinski definition) is 0. The Hall–Kier alpha value is -2.60. The smallest absolute Gasteiger partial charge is 0.261 e. The average molecular weight is 345 g/mol.